The largest absolute Gasteiger partial charge is 0.493 e. The van der Waals surface area contributed by atoms with Gasteiger partial charge in [-0.25, -0.2) is 0 Å². The highest BCUT2D eigenvalue weighted by Crippen LogP contribution is 2.28. The highest BCUT2D eigenvalue weighted by Gasteiger charge is 2.12. The topological polar surface area (TPSA) is 41.9 Å². The van der Waals surface area contributed by atoms with Crippen LogP contribution >= 0.6 is 11.3 Å². The molecule has 0 aliphatic rings. The summed E-state index contributed by atoms with van der Waals surface area (Å²) in [5.74, 6) is 1.46. The molecule has 5 heteroatoms. The second-order valence-electron chi connectivity index (χ2n) is 5.34. The van der Waals surface area contributed by atoms with E-state index < -0.39 is 0 Å². The number of hydrogen-bond acceptors (Lipinski definition) is 5. The first kappa shape index (κ1) is 16.8. The summed E-state index contributed by atoms with van der Waals surface area (Å²) >= 11 is 1.69. The smallest absolute Gasteiger partial charge is 0.161 e. The van der Waals surface area contributed by atoms with Gasteiger partial charge >= 0.3 is 0 Å². The molecule has 0 aliphatic heterocycles. The number of methoxy groups -OCH3 is 2. The fourth-order valence-corrected chi connectivity index (χ4v) is 3.10. The molecule has 0 radical (unpaired) electrons. The normalized spacial score (nSPS) is 12.4. The first-order valence-corrected chi connectivity index (χ1v) is 8.19. The lowest BCUT2D eigenvalue weighted by atomic mass is 10.1. The summed E-state index contributed by atoms with van der Waals surface area (Å²) in [7, 11) is 3.27. The molecule has 1 unspecified atom stereocenters. The molecule has 0 aliphatic carbocycles. The Morgan fingerprint density at radius 1 is 1.09 bits per heavy atom. The van der Waals surface area contributed by atoms with Crippen molar-refractivity contribution in [3.8, 4) is 11.5 Å². The van der Waals surface area contributed by atoms with Crippen LogP contribution in [0.4, 0.5) is 0 Å². The van der Waals surface area contributed by atoms with Crippen molar-refractivity contribution in [1.29, 1.82) is 0 Å². The molecule has 1 atom stereocenters. The van der Waals surface area contributed by atoms with E-state index in [-0.39, 0.29) is 6.10 Å². The Kier molecular flexibility index (Phi) is 6.24. The van der Waals surface area contributed by atoms with Crippen LogP contribution < -0.4 is 9.47 Å². The lowest BCUT2D eigenvalue weighted by Gasteiger charge is -2.24. The zero-order valence-electron chi connectivity index (χ0n) is 13.3. The maximum Gasteiger partial charge on any atom is 0.161 e. The zero-order chi connectivity index (χ0) is 15.9. The van der Waals surface area contributed by atoms with E-state index in [9.17, 15) is 5.11 Å². The van der Waals surface area contributed by atoms with Gasteiger partial charge in [0.15, 0.2) is 11.5 Å². The second kappa shape index (κ2) is 8.17. The fraction of sp³-hybridized carbons (Fsp3) is 0.412. The highest BCUT2D eigenvalue weighted by atomic mass is 32.1. The summed E-state index contributed by atoms with van der Waals surface area (Å²) < 4.78 is 10.6. The van der Waals surface area contributed by atoms with Crippen LogP contribution in [-0.4, -0.2) is 36.9 Å². The minimum absolute atomic E-state index is 0.362. The number of rotatable bonds is 8. The molecular weight excluding hydrogens is 298 g/mol. The van der Waals surface area contributed by atoms with E-state index in [1.165, 1.54) is 5.56 Å². The number of benzene rings is 1. The Bertz CT molecular complexity index is 569. The molecule has 1 heterocycles. The third kappa shape index (κ3) is 4.73. The van der Waals surface area contributed by atoms with Crippen LogP contribution in [0.1, 0.15) is 18.1 Å². The molecule has 1 N–H and O–H groups in total. The maximum atomic E-state index is 9.73. The molecule has 22 heavy (non-hydrogen) atoms. The molecule has 0 saturated carbocycles. The molecule has 0 spiro atoms. The lowest BCUT2D eigenvalue weighted by Crippen LogP contribution is -2.30. The molecule has 2 rings (SSSR count). The van der Waals surface area contributed by atoms with Gasteiger partial charge in [0.05, 0.1) is 20.3 Å². The lowest BCUT2D eigenvalue weighted by molar-refractivity contribution is 0.118. The van der Waals surface area contributed by atoms with Crippen molar-refractivity contribution in [3.05, 3.63) is 46.2 Å². The summed E-state index contributed by atoms with van der Waals surface area (Å²) in [5.41, 5.74) is 2.40. The summed E-state index contributed by atoms with van der Waals surface area (Å²) in [4.78, 5) is 2.23. The van der Waals surface area contributed by atoms with Crippen LogP contribution in [0.5, 0.6) is 11.5 Å². The van der Waals surface area contributed by atoms with Crippen LogP contribution in [0, 0.1) is 0 Å². The number of hydrogen-bond donors (Lipinski definition) is 1. The molecule has 0 bridgehead atoms. The number of ether oxygens (including phenoxy) is 2. The van der Waals surface area contributed by atoms with Gasteiger partial charge in [-0.15, -0.1) is 0 Å². The van der Waals surface area contributed by atoms with E-state index in [4.69, 9.17) is 9.47 Å². The van der Waals surface area contributed by atoms with E-state index in [0.717, 1.165) is 30.2 Å². The Labute approximate surface area is 135 Å². The van der Waals surface area contributed by atoms with Gasteiger partial charge in [-0.2, -0.15) is 11.3 Å². The number of aliphatic hydroxyl groups excluding tert-OH is 1. The molecule has 1 aromatic heterocycles. The van der Waals surface area contributed by atoms with E-state index in [2.05, 4.69) is 21.7 Å². The van der Waals surface area contributed by atoms with Crippen molar-refractivity contribution >= 4 is 11.3 Å². The highest BCUT2D eigenvalue weighted by molar-refractivity contribution is 7.07. The van der Waals surface area contributed by atoms with Crippen molar-refractivity contribution < 1.29 is 14.6 Å². The molecule has 1 aromatic carbocycles. The molecule has 0 saturated heterocycles. The van der Waals surface area contributed by atoms with E-state index >= 15 is 0 Å². The Balaban J connectivity index is 2.12. The van der Waals surface area contributed by atoms with Gasteiger partial charge in [0.1, 0.15) is 0 Å². The summed E-state index contributed by atoms with van der Waals surface area (Å²) in [5, 5.41) is 13.9. The van der Waals surface area contributed by atoms with Crippen molar-refractivity contribution in [2.45, 2.75) is 26.1 Å². The van der Waals surface area contributed by atoms with Crippen LogP contribution in [0.15, 0.2) is 35.0 Å². The zero-order valence-corrected chi connectivity index (χ0v) is 14.1. The number of aliphatic hydroxyl groups is 1. The molecule has 0 amide bonds. The quantitative estimate of drug-likeness (QED) is 0.811. The van der Waals surface area contributed by atoms with Crippen molar-refractivity contribution in [1.82, 2.24) is 4.90 Å². The van der Waals surface area contributed by atoms with Crippen molar-refractivity contribution in [3.63, 3.8) is 0 Å². The monoisotopic (exact) mass is 321 g/mol. The summed E-state index contributed by atoms with van der Waals surface area (Å²) in [6.45, 7) is 4.02. The average Bonchev–Trinajstić information content (AvgIpc) is 2.99. The van der Waals surface area contributed by atoms with Crippen LogP contribution in [0.2, 0.25) is 0 Å². The second-order valence-corrected chi connectivity index (χ2v) is 6.12. The van der Waals surface area contributed by atoms with Gasteiger partial charge in [0.2, 0.25) is 0 Å². The van der Waals surface area contributed by atoms with E-state index in [1.54, 1.807) is 25.6 Å². The van der Waals surface area contributed by atoms with Crippen molar-refractivity contribution in [2.75, 3.05) is 20.8 Å². The van der Waals surface area contributed by atoms with Gasteiger partial charge in [-0.05, 0) is 47.0 Å². The van der Waals surface area contributed by atoms with Gasteiger partial charge in [0, 0.05) is 19.6 Å². The van der Waals surface area contributed by atoms with Crippen molar-refractivity contribution in [2.24, 2.45) is 0 Å². The minimum atomic E-state index is -0.362. The average molecular weight is 321 g/mol. The van der Waals surface area contributed by atoms with E-state index in [0.29, 0.717) is 6.54 Å². The first-order valence-electron chi connectivity index (χ1n) is 7.24. The molecule has 2 aromatic rings. The van der Waals surface area contributed by atoms with Crippen LogP contribution in [0.25, 0.3) is 0 Å². The van der Waals surface area contributed by atoms with Gasteiger partial charge in [-0.3, -0.25) is 4.90 Å². The van der Waals surface area contributed by atoms with Gasteiger partial charge < -0.3 is 14.6 Å². The summed E-state index contributed by atoms with van der Waals surface area (Å²) in [6.07, 6.45) is -0.362. The third-order valence-electron chi connectivity index (χ3n) is 3.36. The Morgan fingerprint density at radius 3 is 2.41 bits per heavy atom. The third-order valence-corrected chi connectivity index (χ3v) is 4.09. The molecule has 4 nitrogen and oxygen atoms in total. The Hall–Kier alpha value is -1.56. The SMILES string of the molecule is COc1ccc(CN(Cc2ccsc2)CC(C)O)cc1OC. The standard InChI is InChI=1S/C17H23NO3S/c1-13(19)9-18(11-15-6-7-22-12-15)10-14-4-5-16(20-2)17(8-14)21-3/h4-8,12-13,19H,9-11H2,1-3H3. The van der Waals surface area contributed by atoms with Crippen LogP contribution in [-0.2, 0) is 13.1 Å². The molecule has 120 valence electrons. The molecular formula is C17H23NO3S. The fourth-order valence-electron chi connectivity index (χ4n) is 2.44. The van der Waals surface area contributed by atoms with E-state index in [1.807, 2.05) is 25.1 Å². The Morgan fingerprint density at radius 2 is 1.82 bits per heavy atom. The minimum Gasteiger partial charge on any atom is -0.493 e. The van der Waals surface area contributed by atoms with Crippen LogP contribution in [0.3, 0.4) is 0 Å². The van der Waals surface area contributed by atoms with Gasteiger partial charge in [-0.1, -0.05) is 6.07 Å². The number of thiophene rings is 1. The first-order chi connectivity index (χ1) is 10.6. The van der Waals surface area contributed by atoms with Gasteiger partial charge in [0.25, 0.3) is 0 Å². The maximum absolute atomic E-state index is 9.73. The number of nitrogens with zero attached hydrogens (tertiary/aromatic N) is 1. The molecule has 0 fully saturated rings. The summed E-state index contributed by atoms with van der Waals surface area (Å²) in [6, 6.07) is 8.05. The predicted octanol–water partition coefficient (Wildman–Crippen LogP) is 3.15. The predicted molar refractivity (Wildman–Crippen MR) is 89.7 cm³/mol.